The molecule has 0 aliphatic heterocycles. The van der Waals surface area contributed by atoms with E-state index in [2.05, 4.69) is 23.7 Å². The second-order valence-electron chi connectivity index (χ2n) is 4.75. The highest BCUT2D eigenvalue weighted by Gasteiger charge is 1.94. The Labute approximate surface area is 126 Å². The van der Waals surface area contributed by atoms with Crippen molar-refractivity contribution >= 4 is 5.69 Å². The van der Waals surface area contributed by atoms with Gasteiger partial charge in [-0.3, -0.25) is 0 Å². The van der Waals surface area contributed by atoms with Crippen LogP contribution in [0.15, 0.2) is 54.6 Å². The molecule has 0 aliphatic rings. The maximum absolute atomic E-state index is 9.76. The summed E-state index contributed by atoms with van der Waals surface area (Å²) < 4.78 is 0. The van der Waals surface area contributed by atoms with Crippen molar-refractivity contribution in [3.8, 4) is 23.7 Å². The molecule has 0 saturated heterocycles. The van der Waals surface area contributed by atoms with Crippen LogP contribution in [-0.4, -0.2) is 25.3 Å². The quantitative estimate of drug-likeness (QED) is 0.808. The number of aliphatic hydroxyl groups is 1. The van der Waals surface area contributed by atoms with Crippen LogP contribution in [0.4, 0.5) is 5.69 Å². The summed E-state index contributed by atoms with van der Waals surface area (Å²) >= 11 is 0. The summed E-state index contributed by atoms with van der Waals surface area (Å²) in [6, 6.07) is 17.4. The van der Waals surface area contributed by atoms with Crippen LogP contribution in [0.2, 0.25) is 0 Å². The molecule has 0 heterocycles. The molecule has 0 unspecified atom stereocenters. The van der Waals surface area contributed by atoms with E-state index in [4.69, 9.17) is 0 Å². The lowest BCUT2D eigenvalue weighted by Crippen LogP contribution is -2.07. The Hall–Kier alpha value is -2.68. The Kier molecular flexibility index (Phi) is 5.04. The van der Waals surface area contributed by atoms with Gasteiger partial charge in [-0.25, -0.2) is 0 Å². The van der Waals surface area contributed by atoms with E-state index in [0.29, 0.717) is 0 Å². The molecule has 2 nitrogen and oxygen atoms in total. The van der Waals surface area contributed by atoms with Crippen molar-refractivity contribution in [2.45, 2.75) is 6.10 Å². The van der Waals surface area contributed by atoms with Crippen LogP contribution in [-0.2, 0) is 0 Å². The Morgan fingerprint density at radius 2 is 1.33 bits per heavy atom. The molecule has 1 N–H and O–H groups in total. The first-order chi connectivity index (χ1) is 10.1. The van der Waals surface area contributed by atoms with Gasteiger partial charge in [0.05, 0.1) is 0 Å². The van der Waals surface area contributed by atoms with Crippen LogP contribution in [0.5, 0.6) is 0 Å². The van der Waals surface area contributed by atoms with E-state index < -0.39 is 6.10 Å². The first kappa shape index (κ1) is 14.7. The molecule has 0 radical (unpaired) electrons. The normalized spacial score (nSPS) is 10.6. The summed E-state index contributed by atoms with van der Waals surface area (Å²) in [7, 11) is 3.98. The lowest BCUT2D eigenvalue weighted by Gasteiger charge is -2.11. The molecule has 2 heteroatoms. The lowest BCUT2D eigenvalue weighted by atomic mass is 10.2. The fourth-order valence-corrected chi connectivity index (χ4v) is 1.70. The molecule has 2 rings (SSSR count). The van der Waals surface area contributed by atoms with Gasteiger partial charge < -0.3 is 10.0 Å². The van der Waals surface area contributed by atoms with Crippen molar-refractivity contribution in [3.05, 3.63) is 65.7 Å². The minimum absolute atomic E-state index is 0.862. The van der Waals surface area contributed by atoms with E-state index in [1.54, 1.807) is 0 Å². The Morgan fingerprint density at radius 3 is 1.86 bits per heavy atom. The summed E-state index contributed by atoms with van der Waals surface area (Å²) in [6.07, 6.45) is -0.946. The van der Waals surface area contributed by atoms with Crippen LogP contribution >= 0.6 is 0 Å². The minimum Gasteiger partial charge on any atom is -0.378 e. The molecule has 0 aromatic heterocycles. The molecule has 0 bridgehead atoms. The highest BCUT2D eigenvalue weighted by Crippen LogP contribution is 2.11. The van der Waals surface area contributed by atoms with Gasteiger partial charge in [0, 0.05) is 30.9 Å². The zero-order valence-electron chi connectivity index (χ0n) is 12.2. The second-order valence-corrected chi connectivity index (χ2v) is 4.75. The number of hydrogen-bond donors (Lipinski definition) is 1. The molecule has 1 atom stereocenters. The van der Waals surface area contributed by atoms with Crippen molar-refractivity contribution < 1.29 is 5.11 Å². The van der Waals surface area contributed by atoms with Gasteiger partial charge in [-0.15, -0.1) is 0 Å². The van der Waals surface area contributed by atoms with E-state index in [1.165, 1.54) is 0 Å². The number of nitrogens with zero attached hydrogens (tertiary/aromatic N) is 1. The summed E-state index contributed by atoms with van der Waals surface area (Å²) in [5, 5.41) is 9.76. The molecule has 2 aromatic carbocycles. The third-order valence-electron chi connectivity index (χ3n) is 2.86. The molecule has 0 aliphatic carbocycles. The third-order valence-corrected chi connectivity index (χ3v) is 2.86. The molecule has 21 heavy (non-hydrogen) atoms. The number of aliphatic hydroxyl groups excluding tert-OH is 1. The van der Waals surface area contributed by atoms with Crippen molar-refractivity contribution in [2.24, 2.45) is 0 Å². The Bertz CT molecular complexity index is 694. The number of anilines is 1. The third kappa shape index (κ3) is 4.73. The fourth-order valence-electron chi connectivity index (χ4n) is 1.70. The maximum atomic E-state index is 9.76. The molecular formula is C19H17NO. The van der Waals surface area contributed by atoms with Gasteiger partial charge in [-0.05, 0) is 36.4 Å². The van der Waals surface area contributed by atoms with E-state index in [9.17, 15) is 5.11 Å². The lowest BCUT2D eigenvalue weighted by molar-refractivity contribution is 0.289. The summed E-state index contributed by atoms with van der Waals surface area (Å²) in [6.45, 7) is 0. The standard InChI is InChI=1S/C19H17NO/c1-20(2)18-12-8-17(9-13-18)11-15-19(21)14-10-16-6-4-3-5-7-16/h3-9,12-13,19,21H,1-2H3/t19-/m0/s1. The zero-order valence-corrected chi connectivity index (χ0v) is 12.2. The largest absolute Gasteiger partial charge is 0.378 e. The van der Waals surface area contributed by atoms with Crippen LogP contribution in [0.1, 0.15) is 11.1 Å². The zero-order chi connectivity index (χ0) is 15.1. The minimum atomic E-state index is -0.946. The summed E-state index contributed by atoms with van der Waals surface area (Å²) in [5.41, 5.74) is 2.85. The second kappa shape index (κ2) is 7.20. The molecule has 0 saturated carbocycles. The molecule has 0 fully saturated rings. The Balaban J connectivity index is 2.03. The molecule has 0 spiro atoms. The van der Waals surface area contributed by atoms with Crippen molar-refractivity contribution in [1.82, 2.24) is 0 Å². The van der Waals surface area contributed by atoms with Crippen LogP contribution in [0.3, 0.4) is 0 Å². The van der Waals surface area contributed by atoms with Gasteiger partial charge in [-0.2, -0.15) is 0 Å². The van der Waals surface area contributed by atoms with Crippen LogP contribution < -0.4 is 4.90 Å². The maximum Gasteiger partial charge on any atom is 0.177 e. The molecular weight excluding hydrogens is 258 g/mol. The highest BCUT2D eigenvalue weighted by atomic mass is 16.3. The smallest absolute Gasteiger partial charge is 0.177 e. The van der Waals surface area contributed by atoms with Crippen LogP contribution in [0.25, 0.3) is 0 Å². The highest BCUT2D eigenvalue weighted by molar-refractivity contribution is 5.49. The number of hydrogen-bond acceptors (Lipinski definition) is 2. The first-order valence-electron chi connectivity index (χ1n) is 6.69. The predicted octanol–water partition coefficient (Wildman–Crippen LogP) is 2.52. The fraction of sp³-hybridized carbons (Fsp3) is 0.158. The van der Waals surface area contributed by atoms with Gasteiger partial charge in [0.2, 0.25) is 0 Å². The van der Waals surface area contributed by atoms with Gasteiger partial charge in [0.1, 0.15) is 0 Å². The first-order valence-corrected chi connectivity index (χ1v) is 6.69. The molecule has 104 valence electrons. The van der Waals surface area contributed by atoms with Crippen molar-refractivity contribution in [2.75, 3.05) is 19.0 Å². The number of benzene rings is 2. The van der Waals surface area contributed by atoms with Gasteiger partial charge >= 0.3 is 0 Å². The molecule has 0 amide bonds. The summed E-state index contributed by atoms with van der Waals surface area (Å²) in [4.78, 5) is 2.03. The monoisotopic (exact) mass is 275 g/mol. The van der Waals surface area contributed by atoms with E-state index in [1.807, 2.05) is 73.6 Å². The number of rotatable bonds is 1. The van der Waals surface area contributed by atoms with E-state index in [0.717, 1.165) is 16.8 Å². The SMILES string of the molecule is CN(C)c1ccc(C#C[C@@H](O)C#Cc2ccccc2)cc1. The average molecular weight is 275 g/mol. The van der Waals surface area contributed by atoms with Crippen molar-refractivity contribution in [3.63, 3.8) is 0 Å². The van der Waals surface area contributed by atoms with E-state index >= 15 is 0 Å². The van der Waals surface area contributed by atoms with Crippen molar-refractivity contribution in [1.29, 1.82) is 0 Å². The summed E-state index contributed by atoms with van der Waals surface area (Å²) in [5.74, 6) is 11.3. The average Bonchev–Trinajstić information content (AvgIpc) is 2.52. The molecule has 2 aromatic rings. The van der Waals surface area contributed by atoms with Crippen LogP contribution in [0, 0.1) is 23.7 Å². The van der Waals surface area contributed by atoms with Gasteiger partial charge in [-0.1, -0.05) is 41.9 Å². The topological polar surface area (TPSA) is 23.5 Å². The van der Waals surface area contributed by atoms with E-state index in [-0.39, 0.29) is 0 Å². The van der Waals surface area contributed by atoms with Gasteiger partial charge in [0.25, 0.3) is 0 Å². The predicted molar refractivity (Wildman–Crippen MR) is 87.0 cm³/mol. The Morgan fingerprint density at radius 1 is 0.810 bits per heavy atom. The van der Waals surface area contributed by atoms with Gasteiger partial charge in [0.15, 0.2) is 6.10 Å².